The van der Waals surface area contributed by atoms with Crippen molar-refractivity contribution < 1.29 is 22.4 Å². The quantitative estimate of drug-likeness (QED) is 0.678. The molecular formula is C18H18ClF4N5O2. The molecule has 0 aromatic carbocycles. The third-order valence-corrected chi connectivity index (χ3v) is 5.85. The van der Waals surface area contributed by atoms with E-state index < -0.39 is 34.7 Å². The number of hydrogen-bond acceptors (Lipinski definition) is 4. The number of hydrogen-bond donors (Lipinski definition) is 0. The maximum absolute atomic E-state index is 13.5. The Hall–Kier alpha value is -2.43. The van der Waals surface area contributed by atoms with Gasteiger partial charge in [-0.1, -0.05) is 11.6 Å². The van der Waals surface area contributed by atoms with Crippen LogP contribution in [-0.2, 0) is 23.9 Å². The maximum atomic E-state index is 13.5. The average molecular weight is 448 g/mol. The van der Waals surface area contributed by atoms with Gasteiger partial charge in [0.05, 0.1) is 29.4 Å². The van der Waals surface area contributed by atoms with E-state index in [1.807, 2.05) is 0 Å². The van der Waals surface area contributed by atoms with Gasteiger partial charge in [-0.3, -0.25) is 14.3 Å². The smallest absolute Gasteiger partial charge is 0.338 e. The molecule has 4 heterocycles. The van der Waals surface area contributed by atoms with Crippen molar-refractivity contribution in [1.29, 1.82) is 0 Å². The summed E-state index contributed by atoms with van der Waals surface area (Å²) in [5.74, 6) is 0.0247. The number of aromatic nitrogens is 4. The molecule has 12 heteroatoms. The van der Waals surface area contributed by atoms with Gasteiger partial charge in [0.1, 0.15) is 18.0 Å². The van der Waals surface area contributed by atoms with E-state index in [0.29, 0.717) is 31.6 Å². The van der Waals surface area contributed by atoms with Gasteiger partial charge in [0.2, 0.25) is 5.91 Å². The van der Waals surface area contributed by atoms with Crippen LogP contribution in [0.1, 0.15) is 42.4 Å². The van der Waals surface area contributed by atoms with E-state index >= 15 is 0 Å². The van der Waals surface area contributed by atoms with Crippen molar-refractivity contribution in [2.75, 3.05) is 13.1 Å². The highest BCUT2D eigenvalue weighted by molar-refractivity contribution is 6.32. The van der Waals surface area contributed by atoms with Gasteiger partial charge in [-0.2, -0.15) is 18.3 Å². The van der Waals surface area contributed by atoms with Crippen LogP contribution < -0.4 is 5.69 Å². The highest BCUT2D eigenvalue weighted by Gasteiger charge is 2.37. The van der Waals surface area contributed by atoms with E-state index in [-0.39, 0.29) is 31.1 Å². The fraction of sp³-hybridized carbons (Fsp3) is 0.556. The zero-order valence-electron chi connectivity index (χ0n) is 15.7. The van der Waals surface area contributed by atoms with Gasteiger partial charge >= 0.3 is 11.9 Å². The number of aryl methyl sites for hydroxylation is 1. The Labute approximate surface area is 173 Å². The number of nitrogens with zero attached hydrogens (tertiary/aromatic N) is 5. The third-order valence-electron chi connectivity index (χ3n) is 5.42. The van der Waals surface area contributed by atoms with E-state index in [4.69, 9.17) is 11.6 Å². The van der Waals surface area contributed by atoms with Gasteiger partial charge in [0, 0.05) is 19.2 Å². The van der Waals surface area contributed by atoms with Crippen molar-refractivity contribution in [1.82, 2.24) is 24.2 Å². The molecule has 2 aliphatic rings. The van der Waals surface area contributed by atoms with Crippen LogP contribution in [-0.4, -0.2) is 49.4 Å². The number of pyridine rings is 1. The molecule has 0 radical (unpaired) electrons. The molecule has 1 fully saturated rings. The van der Waals surface area contributed by atoms with Crippen molar-refractivity contribution in [2.45, 2.75) is 50.6 Å². The molecule has 7 nitrogen and oxygen atoms in total. The Balaban J connectivity index is 1.65. The van der Waals surface area contributed by atoms with E-state index in [1.54, 1.807) is 0 Å². The van der Waals surface area contributed by atoms with E-state index in [1.165, 1.54) is 9.47 Å². The number of rotatable bonds is 3. The lowest BCUT2D eigenvalue weighted by Gasteiger charge is -2.26. The molecule has 1 amide bonds. The Bertz CT molecular complexity index is 1030. The second kappa shape index (κ2) is 7.68. The lowest BCUT2D eigenvalue weighted by molar-refractivity contribution is -0.137. The van der Waals surface area contributed by atoms with E-state index in [0.717, 1.165) is 16.9 Å². The van der Waals surface area contributed by atoms with Crippen molar-refractivity contribution in [3.05, 3.63) is 44.9 Å². The summed E-state index contributed by atoms with van der Waals surface area (Å²) in [6, 6.07) is -0.0411. The van der Waals surface area contributed by atoms with Gasteiger partial charge in [0.15, 0.2) is 0 Å². The minimum absolute atomic E-state index is 0.00266. The fourth-order valence-electron chi connectivity index (χ4n) is 3.95. The van der Waals surface area contributed by atoms with Crippen LogP contribution in [0.4, 0.5) is 17.6 Å². The molecule has 0 spiro atoms. The highest BCUT2D eigenvalue weighted by Crippen LogP contribution is 2.35. The second-order valence-electron chi connectivity index (χ2n) is 7.42. The molecule has 0 bridgehead atoms. The number of halogens is 5. The molecule has 0 saturated carbocycles. The zero-order chi connectivity index (χ0) is 21.6. The zero-order valence-corrected chi connectivity index (χ0v) is 16.5. The Kier molecular flexibility index (Phi) is 5.33. The fourth-order valence-corrected chi connectivity index (χ4v) is 4.23. The average Bonchev–Trinajstić information content (AvgIpc) is 3.25. The summed E-state index contributed by atoms with van der Waals surface area (Å²) in [7, 11) is 0. The first-order chi connectivity index (χ1) is 14.2. The van der Waals surface area contributed by atoms with Crippen molar-refractivity contribution in [3.8, 4) is 0 Å². The molecule has 162 valence electrons. The largest absolute Gasteiger partial charge is 0.417 e. The number of likely N-dealkylation sites (tertiary alicyclic amines) is 1. The van der Waals surface area contributed by atoms with Crippen molar-refractivity contribution >= 4 is 17.5 Å². The van der Waals surface area contributed by atoms with Crippen LogP contribution in [0.5, 0.6) is 0 Å². The Morgan fingerprint density at radius 1 is 1.30 bits per heavy atom. The number of alkyl halides is 4. The molecule has 0 unspecified atom stereocenters. The number of fused-ring (bicyclic) bond motifs is 1. The van der Waals surface area contributed by atoms with Gasteiger partial charge in [-0.05, 0) is 25.3 Å². The first-order valence-electron chi connectivity index (χ1n) is 9.48. The van der Waals surface area contributed by atoms with Crippen LogP contribution in [0.25, 0.3) is 0 Å². The number of carbonyl (C=O) groups excluding carboxylic acids is 1. The highest BCUT2D eigenvalue weighted by atomic mass is 35.5. The molecule has 1 saturated heterocycles. The molecule has 4 rings (SSSR count). The minimum Gasteiger partial charge on any atom is -0.338 e. The van der Waals surface area contributed by atoms with Crippen LogP contribution >= 0.6 is 11.6 Å². The van der Waals surface area contributed by atoms with Crippen LogP contribution in [0.3, 0.4) is 0 Å². The normalized spacial score (nSPS) is 21.7. The second-order valence-corrected chi connectivity index (χ2v) is 7.80. The van der Waals surface area contributed by atoms with E-state index in [9.17, 15) is 27.2 Å². The number of carbonyl (C=O) groups is 1. The Morgan fingerprint density at radius 2 is 2.07 bits per heavy atom. The SMILES string of the molecule is O=C([C@@H]1CCCc2nn(Cc3nccc(C(F)(F)F)c3Cl)c(=O)n21)N1CC[C@H](F)C1. The summed E-state index contributed by atoms with van der Waals surface area (Å²) < 4.78 is 55.0. The lowest BCUT2D eigenvalue weighted by atomic mass is 10.0. The lowest BCUT2D eigenvalue weighted by Crippen LogP contribution is -2.41. The first-order valence-corrected chi connectivity index (χ1v) is 9.86. The van der Waals surface area contributed by atoms with Gasteiger partial charge in [0.25, 0.3) is 0 Å². The predicted octanol–water partition coefficient (Wildman–Crippen LogP) is 2.61. The topological polar surface area (TPSA) is 73.0 Å². The summed E-state index contributed by atoms with van der Waals surface area (Å²) in [6.07, 6.45) is -3.03. The summed E-state index contributed by atoms with van der Waals surface area (Å²) in [6.45, 7) is -0.0748. The van der Waals surface area contributed by atoms with Gasteiger partial charge in [-0.15, -0.1) is 0 Å². The molecule has 2 atom stereocenters. The summed E-state index contributed by atoms with van der Waals surface area (Å²) in [5.41, 5.74) is -1.82. The van der Waals surface area contributed by atoms with Crippen LogP contribution in [0.15, 0.2) is 17.1 Å². The molecule has 2 aromatic rings. The maximum Gasteiger partial charge on any atom is 0.417 e. The minimum atomic E-state index is -4.66. The molecule has 2 aliphatic heterocycles. The van der Waals surface area contributed by atoms with Crippen molar-refractivity contribution in [2.24, 2.45) is 0 Å². The monoisotopic (exact) mass is 447 g/mol. The van der Waals surface area contributed by atoms with E-state index in [2.05, 4.69) is 10.1 Å². The molecule has 2 aromatic heterocycles. The third kappa shape index (κ3) is 3.70. The van der Waals surface area contributed by atoms with Crippen molar-refractivity contribution in [3.63, 3.8) is 0 Å². The number of amides is 1. The standard InChI is InChI=1S/C18H18ClF4N5O2/c19-15-11(18(21,22)23)4-6-24-12(15)9-27-17(30)28-13(2-1-3-14(28)25-27)16(29)26-7-5-10(20)8-26/h4,6,10,13H,1-3,5,7-9H2/t10-,13-/m0/s1. The van der Waals surface area contributed by atoms with Gasteiger partial charge in [-0.25, -0.2) is 13.9 Å². The summed E-state index contributed by atoms with van der Waals surface area (Å²) in [4.78, 5) is 31.0. The Morgan fingerprint density at radius 3 is 2.73 bits per heavy atom. The first kappa shape index (κ1) is 20.8. The van der Waals surface area contributed by atoms with Crippen LogP contribution in [0.2, 0.25) is 5.02 Å². The summed E-state index contributed by atoms with van der Waals surface area (Å²) in [5, 5.41) is 3.60. The molecule has 0 N–H and O–H groups in total. The van der Waals surface area contributed by atoms with Gasteiger partial charge < -0.3 is 4.90 Å². The molecule has 0 aliphatic carbocycles. The van der Waals surface area contributed by atoms with Crippen LogP contribution in [0, 0.1) is 0 Å². The molecular weight excluding hydrogens is 430 g/mol. The molecule has 30 heavy (non-hydrogen) atoms. The predicted molar refractivity (Wildman–Crippen MR) is 97.9 cm³/mol. The summed E-state index contributed by atoms with van der Waals surface area (Å²) >= 11 is 5.87.